The van der Waals surface area contributed by atoms with Crippen molar-refractivity contribution in [2.75, 3.05) is 7.11 Å². The first-order chi connectivity index (χ1) is 7.06. The molecule has 0 aliphatic heterocycles. The molecule has 0 aliphatic carbocycles. The van der Waals surface area contributed by atoms with Gasteiger partial charge in [0.15, 0.2) is 0 Å². The Kier molecular flexibility index (Phi) is 3.82. The zero-order valence-electron chi connectivity index (χ0n) is 8.11. The second-order valence-corrected chi connectivity index (χ2v) is 3.22. The number of hydrogen-bond acceptors (Lipinski definition) is 4. The Hall–Kier alpha value is -1.39. The zero-order valence-corrected chi connectivity index (χ0v) is 8.86. The fourth-order valence-electron chi connectivity index (χ4n) is 0.993. The molecule has 0 aliphatic rings. The van der Waals surface area contributed by atoms with Crippen LogP contribution in [0.2, 0.25) is 5.15 Å². The summed E-state index contributed by atoms with van der Waals surface area (Å²) in [6.45, 7) is 3.44. The minimum atomic E-state index is -1.12. The highest BCUT2D eigenvalue weighted by Gasteiger charge is 2.18. The summed E-state index contributed by atoms with van der Waals surface area (Å²) in [4.78, 5) is 14.8. The number of aliphatic hydroxyl groups excluding tert-OH is 1. The van der Waals surface area contributed by atoms with Crippen LogP contribution in [0.4, 0.5) is 0 Å². The summed E-state index contributed by atoms with van der Waals surface area (Å²) in [5, 5.41) is 10.0. The molecule has 1 N–H and O–H groups in total. The highest BCUT2D eigenvalue weighted by molar-refractivity contribution is 6.29. The van der Waals surface area contributed by atoms with E-state index in [1.807, 2.05) is 0 Å². The summed E-state index contributed by atoms with van der Waals surface area (Å²) < 4.78 is 4.43. The van der Waals surface area contributed by atoms with Crippen LogP contribution >= 0.6 is 11.6 Å². The van der Waals surface area contributed by atoms with E-state index in [9.17, 15) is 9.90 Å². The van der Waals surface area contributed by atoms with Gasteiger partial charge in [0.25, 0.3) is 0 Å². The first-order valence-corrected chi connectivity index (χ1v) is 4.50. The average Bonchev–Trinajstić information content (AvgIpc) is 2.27. The van der Waals surface area contributed by atoms with Crippen molar-refractivity contribution in [2.24, 2.45) is 0 Å². The molecule has 0 saturated carbocycles. The molecule has 5 heteroatoms. The topological polar surface area (TPSA) is 59.4 Å². The van der Waals surface area contributed by atoms with Gasteiger partial charge in [-0.1, -0.05) is 24.2 Å². The standard InChI is InChI=1S/C10H10ClNO3/c1-6(10(14)15-2)9(13)7-3-4-8(11)12-5-7/h3-5,9,13H,1H2,2H3/t9-/m1/s1. The number of ether oxygens (including phenoxy) is 1. The Morgan fingerprint density at radius 3 is 2.80 bits per heavy atom. The molecular weight excluding hydrogens is 218 g/mol. The van der Waals surface area contributed by atoms with Crippen LogP contribution in [0.5, 0.6) is 0 Å². The van der Waals surface area contributed by atoms with E-state index >= 15 is 0 Å². The van der Waals surface area contributed by atoms with Crippen LogP contribution in [0.1, 0.15) is 11.7 Å². The molecule has 1 rings (SSSR count). The Morgan fingerprint density at radius 2 is 2.33 bits per heavy atom. The maximum absolute atomic E-state index is 11.1. The first kappa shape index (κ1) is 11.7. The van der Waals surface area contributed by atoms with Crippen LogP contribution in [0, 0.1) is 0 Å². The predicted octanol–water partition coefficient (Wildman–Crippen LogP) is 1.50. The predicted molar refractivity (Wildman–Crippen MR) is 55.4 cm³/mol. The Morgan fingerprint density at radius 1 is 1.67 bits per heavy atom. The average molecular weight is 228 g/mol. The smallest absolute Gasteiger partial charge is 0.336 e. The molecule has 15 heavy (non-hydrogen) atoms. The molecule has 1 atom stereocenters. The number of pyridine rings is 1. The van der Waals surface area contributed by atoms with Gasteiger partial charge in [0.2, 0.25) is 0 Å². The Balaban J connectivity index is 2.85. The van der Waals surface area contributed by atoms with Gasteiger partial charge in [-0.05, 0) is 6.07 Å². The maximum Gasteiger partial charge on any atom is 0.336 e. The molecule has 4 nitrogen and oxygen atoms in total. The van der Waals surface area contributed by atoms with Crippen molar-refractivity contribution in [1.29, 1.82) is 0 Å². The summed E-state index contributed by atoms with van der Waals surface area (Å²) >= 11 is 5.58. The lowest BCUT2D eigenvalue weighted by molar-refractivity contribution is -0.137. The molecule has 80 valence electrons. The van der Waals surface area contributed by atoms with Gasteiger partial charge in [0.05, 0.1) is 12.7 Å². The summed E-state index contributed by atoms with van der Waals surface area (Å²) in [6, 6.07) is 3.08. The molecule has 1 heterocycles. The lowest BCUT2D eigenvalue weighted by atomic mass is 10.1. The summed E-state index contributed by atoms with van der Waals surface area (Å²) in [5.74, 6) is -0.655. The molecule has 0 aromatic carbocycles. The molecule has 0 fully saturated rings. The van der Waals surface area contributed by atoms with Gasteiger partial charge in [0, 0.05) is 11.8 Å². The van der Waals surface area contributed by atoms with Gasteiger partial charge < -0.3 is 9.84 Å². The third kappa shape index (κ3) is 2.78. The Bertz CT molecular complexity index is 375. The molecule has 1 aromatic heterocycles. The largest absolute Gasteiger partial charge is 0.466 e. The third-order valence-corrected chi connectivity index (χ3v) is 2.07. The zero-order chi connectivity index (χ0) is 11.4. The van der Waals surface area contributed by atoms with Crippen molar-refractivity contribution >= 4 is 17.6 Å². The fourth-order valence-corrected chi connectivity index (χ4v) is 1.10. The minimum Gasteiger partial charge on any atom is -0.466 e. The lowest BCUT2D eigenvalue weighted by Gasteiger charge is -2.11. The maximum atomic E-state index is 11.1. The normalized spacial score (nSPS) is 11.9. The molecule has 1 aromatic rings. The van der Waals surface area contributed by atoms with E-state index in [1.165, 1.54) is 19.4 Å². The van der Waals surface area contributed by atoms with Crippen molar-refractivity contribution in [3.63, 3.8) is 0 Å². The highest BCUT2D eigenvalue weighted by Crippen LogP contribution is 2.21. The third-order valence-electron chi connectivity index (χ3n) is 1.84. The number of carbonyl (C=O) groups excluding carboxylic acids is 1. The molecule has 0 unspecified atom stereocenters. The molecule has 0 amide bonds. The van der Waals surface area contributed by atoms with E-state index in [-0.39, 0.29) is 5.57 Å². The van der Waals surface area contributed by atoms with Gasteiger partial charge in [-0.15, -0.1) is 0 Å². The highest BCUT2D eigenvalue weighted by atomic mass is 35.5. The van der Waals surface area contributed by atoms with E-state index in [1.54, 1.807) is 6.07 Å². The lowest BCUT2D eigenvalue weighted by Crippen LogP contribution is -2.12. The van der Waals surface area contributed by atoms with Crippen molar-refractivity contribution in [3.8, 4) is 0 Å². The van der Waals surface area contributed by atoms with Gasteiger partial charge >= 0.3 is 5.97 Å². The van der Waals surface area contributed by atoms with E-state index in [4.69, 9.17) is 11.6 Å². The van der Waals surface area contributed by atoms with Gasteiger partial charge in [-0.25, -0.2) is 9.78 Å². The minimum absolute atomic E-state index is 0.0402. The number of esters is 1. The van der Waals surface area contributed by atoms with Crippen molar-refractivity contribution < 1.29 is 14.6 Å². The number of methoxy groups -OCH3 is 1. The van der Waals surface area contributed by atoms with Crippen molar-refractivity contribution in [3.05, 3.63) is 41.2 Å². The van der Waals surface area contributed by atoms with Crippen LogP contribution in [-0.4, -0.2) is 23.2 Å². The van der Waals surface area contributed by atoms with Crippen LogP contribution in [0.3, 0.4) is 0 Å². The number of aromatic nitrogens is 1. The number of halogens is 1. The van der Waals surface area contributed by atoms with E-state index in [0.29, 0.717) is 10.7 Å². The SMILES string of the molecule is C=C(C(=O)OC)[C@@H](O)c1ccc(Cl)nc1. The number of aliphatic hydroxyl groups is 1. The van der Waals surface area contributed by atoms with Gasteiger partial charge in [-0.2, -0.15) is 0 Å². The summed E-state index contributed by atoms with van der Waals surface area (Å²) in [6.07, 6.45) is 0.253. The van der Waals surface area contributed by atoms with E-state index < -0.39 is 12.1 Å². The van der Waals surface area contributed by atoms with Gasteiger partial charge in [-0.3, -0.25) is 0 Å². The monoisotopic (exact) mass is 227 g/mol. The number of rotatable bonds is 3. The fraction of sp³-hybridized carbons (Fsp3) is 0.200. The second-order valence-electron chi connectivity index (χ2n) is 2.83. The molecule has 0 radical (unpaired) electrons. The number of carbonyl (C=O) groups is 1. The number of nitrogens with zero attached hydrogens (tertiary/aromatic N) is 1. The second kappa shape index (κ2) is 4.91. The summed E-state index contributed by atoms with van der Waals surface area (Å²) in [5.41, 5.74) is 0.399. The molecule has 0 saturated heterocycles. The molecule has 0 spiro atoms. The van der Waals surface area contributed by atoms with Crippen LogP contribution in [-0.2, 0) is 9.53 Å². The van der Waals surface area contributed by atoms with Crippen molar-refractivity contribution in [1.82, 2.24) is 4.98 Å². The van der Waals surface area contributed by atoms with E-state index in [0.717, 1.165) is 0 Å². The molecule has 0 bridgehead atoms. The van der Waals surface area contributed by atoms with E-state index in [2.05, 4.69) is 16.3 Å². The summed E-state index contributed by atoms with van der Waals surface area (Å²) in [7, 11) is 1.22. The van der Waals surface area contributed by atoms with Crippen LogP contribution in [0.25, 0.3) is 0 Å². The Labute approximate surface area is 92.2 Å². The first-order valence-electron chi connectivity index (χ1n) is 4.13. The molecular formula is C10H10ClNO3. The van der Waals surface area contributed by atoms with Crippen molar-refractivity contribution in [2.45, 2.75) is 6.10 Å². The number of hydrogen-bond donors (Lipinski definition) is 1. The van der Waals surface area contributed by atoms with Gasteiger partial charge in [0.1, 0.15) is 11.3 Å². The van der Waals surface area contributed by atoms with Crippen LogP contribution < -0.4 is 0 Å². The van der Waals surface area contributed by atoms with Crippen LogP contribution in [0.15, 0.2) is 30.5 Å². The quantitative estimate of drug-likeness (QED) is 0.483.